The quantitative estimate of drug-likeness (QED) is 0.284. The van der Waals surface area contributed by atoms with Gasteiger partial charge in [0.15, 0.2) is 0 Å². The number of ether oxygens (including phenoxy) is 1. The van der Waals surface area contributed by atoms with E-state index < -0.39 is 20.0 Å². The number of halogens is 3. The normalized spacial score (nSPS) is 20.5. The minimum atomic E-state index is -4.35. The Labute approximate surface area is 230 Å². The molecular weight excluding hydrogens is 576 g/mol. The fourth-order valence-corrected chi connectivity index (χ4v) is 6.52. The van der Waals surface area contributed by atoms with E-state index in [1.165, 1.54) is 14.2 Å². The molecule has 0 bridgehead atoms. The van der Waals surface area contributed by atoms with Crippen LogP contribution in [0.4, 0.5) is 24.7 Å². The van der Waals surface area contributed by atoms with Gasteiger partial charge in [0.05, 0.1) is 0 Å². The number of aromatic nitrogens is 2. The number of piperidine rings is 1. The van der Waals surface area contributed by atoms with Crippen LogP contribution >= 0.6 is 0 Å². The van der Waals surface area contributed by atoms with Gasteiger partial charge in [-0.25, -0.2) is 0 Å². The van der Waals surface area contributed by atoms with Crippen LogP contribution < -0.4 is 25.1 Å². The summed E-state index contributed by atoms with van der Waals surface area (Å²) in [6, 6.07) is 10.2. The van der Waals surface area contributed by atoms with Crippen molar-refractivity contribution in [3.63, 3.8) is 0 Å². The van der Waals surface area contributed by atoms with Crippen LogP contribution in [0.5, 0.6) is 5.75 Å². The third-order valence-corrected chi connectivity index (χ3v) is 8.93. The Kier molecular flexibility index (Phi) is 7.42. The molecule has 1 aliphatic heterocycles. The summed E-state index contributed by atoms with van der Waals surface area (Å²) in [6.45, 7) is 2.09. The minimum absolute atomic E-state index is 0.0277. The van der Waals surface area contributed by atoms with Gasteiger partial charge in [-0.1, -0.05) is 0 Å². The first-order chi connectivity index (χ1) is 18.6. The molecule has 206 valence electrons. The second-order valence-electron chi connectivity index (χ2n) is 9.78. The van der Waals surface area contributed by atoms with E-state index in [0.717, 1.165) is 25.9 Å². The summed E-state index contributed by atoms with van der Waals surface area (Å²) in [5.74, 6) is 7.21. The van der Waals surface area contributed by atoms with Crippen molar-refractivity contribution in [3.05, 3.63) is 47.7 Å². The molecule has 8 nitrogen and oxygen atoms in total. The number of hydrogen-bond acceptors (Lipinski definition) is 6. The molecular formula is C27H29F3N6O2Se. The van der Waals surface area contributed by atoms with Crippen LogP contribution in [0.3, 0.4) is 0 Å². The van der Waals surface area contributed by atoms with Crippen LogP contribution in [0.1, 0.15) is 28.9 Å². The van der Waals surface area contributed by atoms with Crippen molar-refractivity contribution >= 4 is 42.3 Å². The van der Waals surface area contributed by atoms with Gasteiger partial charge in [0, 0.05) is 0 Å². The fraction of sp³-hybridized carbons (Fsp3) is 0.407. The maximum atomic E-state index is 13.6. The summed E-state index contributed by atoms with van der Waals surface area (Å²) in [5, 5.41) is 9.45. The summed E-state index contributed by atoms with van der Waals surface area (Å²) in [6.07, 6.45) is 2.02. The number of likely N-dealkylation sites (tertiary alicyclic amines) is 1. The van der Waals surface area contributed by atoms with Crippen LogP contribution in [0.25, 0.3) is 5.52 Å². The molecule has 12 heteroatoms. The van der Waals surface area contributed by atoms with E-state index in [-0.39, 0.29) is 28.1 Å². The Morgan fingerprint density at radius 3 is 2.85 bits per heavy atom. The van der Waals surface area contributed by atoms with E-state index in [9.17, 15) is 18.0 Å². The van der Waals surface area contributed by atoms with Gasteiger partial charge in [-0.15, -0.1) is 0 Å². The van der Waals surface area contributed by atoms with Crippen LogP contribution in [0, 0.1) is 17.8 Å². The fourth-order valence-electron chi connectivity index (χ4n) is 5.09. The summed E-state index contributed by atoms with van der Waals surface area (Å²) < 4.78 is 47.8. The number of carbonyl (C=O) groups excluding carboxylic acids is 1. The number of nitrogens with one attached hydrogen (secondary N) is 3. The SMILES string of the molecule is CNC(=O)c1ccc(OC)c(NCC#Cc2nn3c(N[C@]45CCN(C)C[C@H]4C5)cccc3c2[Se]C(F)(F)F)c1. The van der Waals surface area contributed by atoms with Crippen molar-refractivity contribution in [3.8, 4) is 17.6 Å². The Hall–Kier alpha value is -3.39. The zero-order valence-electron chi connectivity index (χ0n) is 21.8. The number of nitrogens with zero attached hydrogens (tertiary/aromatic N) is 3. The van der Waals surface area contributed by atoms with Crippen molar-refractivity contribution in [2.75, 3.05) is 51.5 Å². The van der Waals surface area contributed by atoms with E-state index in [1.54, 1.807) is 34.8 Å². The van der Waals surface area contributed by atoms with Crippen molar-refractivity contribution in [2.24, 2.45) is 5.92 Å². The van der Waals surface area contributed by atoms with Crippen molar-refractivity contribution in [1.29, 1.82) is 0 Å². The summed E-state index contributed by atoms with van der Waals surface area (Å²) in [7, 11) is 5.16. The van der Waals surface area contributed by atoms with Gasteiger partial charge in [0.25, 0.3) is 0 Å². The summed E-state index contributed by atoms with van der Waals surface area (Å²) >= 11 is -1.82. The molecule has 2 aromatic heterocycles. The van der Waals surface area contributed by atoms with E-state index in [0.29, 0.717) is 34.3 Å². The Morgan fingerprint density at radius 2 is 2.13 bits per heavy atom. The third kappa shape index (κ3) is 5.81. The number of rotatable bonds is 7. The van der Waals surface area contributed by atoms with Gasteiger partial charge in [-0.3, -0.25) is 0 Å². The first-order valence-electron chi connectivity index (χ1n) is 12.5. The van der Waals surface area contributed by atoms with Crippen LogP contribution in [0.2, 0.25) is 0 Å². The molecule has 2 fully saturated rings. The van der Waals surface area contributed by atoms with Crippen LogP contribution in [0.15, 0.2) is 36.4 Å². The van der Waals surface area contributed by atoms with Gasteiger partial charge in [0.2, 0.25) is 0 Å². The number of fused-ring (bicyclic) bond motifs is 2. The molecule has 0 spiro atoms. The second-order valence-corrected chi connectivity index (χ2v) is 12.0. The number of anilines is 2. The number of pyridine rings is 1. The number of carbonyl (C=O) groups is 1. The van der Waals surface area contributed by atoms with Crippen LogP contribution in [-0.2, 0) is 0 Å². The van der Waals surface area contributed by atoms with Gasteiger partial charge in [-0.2, -0.15) is 0 Å². The molecule has 2 aliphatic rings. The number of alkyl halides is 3. The zero-order chi connectivity index (χ0) is 27.8. The summed E-state index contributed by atoms with van der Waals surface area (Å²) in [4.78, 5) is 14.3. The predicted octanol–water partition coefficient (Wildman–Crippen LogP) is 2.52. The van der Waals surface area contributed by atoms with Gasteiger partial charge >= 0.3 is 231 Å². The monoisotopic (exact) mass is 606 g/mol. The first-order valence-corrected chi connectivity index (χ1v) is 14.2. The number of benzene rings is 1. The Morgan fingerprint density at radius 1 is 1.31 bits per heavy atom. The maximum absolute atomic E-state index is 13.6. The molecule has 3 aromatic rings. The average molecular weight is 606 g/mol. The van der Waals surface area contributed by atoms with Gasteiger partial charge < -0.3 is 0 Å². The Bertz CT molecular complexity index is 1460. The average Bonchev–Trinajstić information content (AvgIpc) is 3.50. The molecule has 1 saturated carbocycles. The molecule has 1 saturated heterocycles. The van der Waals surface area contributed by atoms with E-state index in [2.05, 4.69) is 44.8 Å². The molecule has 1 aliphatic carbocycles. The molecule has 2 atom stereocenters. The second kappa shape index (κ2) is 10.6. The molecule has 5 rings (SSSR count). The van der Waals surface area contributed by atoms with Crippen molar-refractivity contribution < 1.29 is 22.7 Å². The molecule has 1 amide bonds. The van der Waals surface area contributed by atoms with Crippen LogP contribution in [-0.4, -0.2) is 86.8 Å². The van der Waals surface area contributed by atoms with E-state index in [1.807, 2.05) is 6.07 Å². The van der Waals surface area contributed by atoms with E-state index >= 15 is 0 Å². The topological polar surface area (TPSA) is 82.9 Å². The summed E-state index contributed by atoms with van der Waals surface area (Å²) in [5.41, 5.74) is 1.48. The van der Waals surface area contributed by atoms with E-state index in [4.69, 9.17) is 4.74 Å². The van der Waals surface area contributed by atoms with Gasteiger partial charge in [0.1, 0.15) is 0 Å². The molecule has 0 unspecified atom stereocenters. The number of amides is 1. The van der Waals surface area contributed by atoms with Gasteiger partial charge in [-0.05, 0) is 0 Å². The van der Waals surface area contributed by atoms with Crippen molar-refractivity contribution in [2.45, 2.75) is 23.5 Å². The first kappa shape index (κ1) is 27.2. The molecule has 39 heavy (non-hydrogen) atoms. The molecule has 0 radical (unpaired) electrons. The standard InChI is InChI=1S/C27H29F3N6O2Se/c1-31-25(37)17-9-10-22(38-3)20(14-17)32-12-5-6-19-24(39-27(28,29)30)21-7-4-8-23(36(21)34-19)33-26-11-13-35(2)16-18(26)15-26/h4,7-10,14,18,32-33H,11-13,15-16H2,1-3H3,(H,31,37)/t18-,26+/m1/s1. The number of hydrogen-bond donors (Lipinski definition) is 3. The third-order valence-electron chi connectivity index (χ3n) is 7.17. The molecule has 1 aromatic carbocycles. The predicted molar refractivity (Wildman–Crippen MR) is 145 cm³/mol. The number of methoxy groups -OCH3 is 1. The Balaban J connectivity index is 1.41. The molecule has 3 N–H and O–H groups in total. The zero-order valence-corrected chi connectivity index (χ0v) is 23.5. The molecule has 3 heterocycles. The van der Waals surface area contributed by atoms with Crippen molar-refractivity contribution in [1.82, 2.24) is 19.8 Å².